The molecule has 25 heavy (non-hydrogen) atoms. The van der Waals surface area contributed by atoms with Gasteiger partial charge in [-0.05, 0) is 51.5 Å². The van der Waals surface area contributed by atoms with Crippen LogP contribution in [0.15, 0.2) is 18.5 Å². The highest BCUT2D eigenvalue weighted by molar-refractivity contribution is 5.95. The maximum Gasteiger partial charge on any atom is 0.255 e. The Bertz CT molecular complexity index is 776. The van der Waals surface area contributed by atoms with Crippen LogP contribution in [0, 0.1) is 0 Å². The van der Waals surface area contributed by atoms with Gasteiger partial charge in [0.15, 0.2) is 0 Å². The molecule has 2 fully saturated rings. The van der Waals surface area contributed by atoms with Crippen molar-refractivity contribution in [2.75, 3.05) is 13.1 Å². The van der Waals surface area contributed by atoms with E-state index >= 15 is 0 Å². The molecule has 1 saturated carbocycles. The molecule has 3 heterocycles. The highest BCUT2D eigenvalue weighted by Gasteiger charge is 2.40. The van der Waals surface area contributed by atoms with Crippen molar-refractivity contribution in [2.45, 2.75) is 57.1 Å². The first-order chi connectivity index (χ1) is 12.0. The number of carbonyl (C=O) groups is 1. The molecule has 0 radical (unpaired) electrons. The van der Waals surface area contributed by atoms with E-state index in [2.05, 4.69) is 15.3 Å². The molecule has 0 bridgehead atoms. The van der Waals surface area contributed by atoms with Crippen LogP contribution in [0.5, 0.6) is 0 Å². The Morgan fingerprint density at radius 1 is 1.44 bits per heavy atom. The number of amides is 1. The van der Waals surface area contributed by atoms with Crippen molar-refractivity contribution in [2.24, 2.45) is 0 Å². The number of likely N-dealkylation sites (tertiary alicyclic amines) is 1. The van der Waals surface area contributed by atoms with Gasteiger partial charge in [0.05, 0.1) is 18.3 Å². The number of nitrogens with zero attached hydrogens (tertiary/aromatic N) is 4. The van der Waals surface area contributed by atoms with Crippen LogP contribution in [0.1, 0.15) is 73.2 Å². The molecule has 0 spiro atoms. The summed E-state index contributed by atoms with van der Waals surface area (Å²) in [5.74, 6) is 0.487. The van der Waals surface area contributed by atoms with Gasteiger partial charge in [-0.2, -0.15) is 0 Å². The van der Waals surface area contributed by atoms with Crippen LogP contribution in [-0.2, 0) is 5.60 Å². The summed E-state index contributed by atoms with van der Waals surface area (Å²) in [6, 6.07) is 2.05. The molecule has 7 heteroatoms. The number of H-pyrrole nitrogens is 1. The molecule has 2 N–H and O–H groups in total. The van der Waals surface area contributed by atoms with Crippen LogP contribution in [0.25, 0.3) is 0 Å². The van der Waals surface area contributed by atoms with E-state index in [9.17, 15) is 9.90 Å². The normalized spacial score (nSPS) is 24.1. The Morgan fingerprint density at radius 2 is 2.24 bits per heavy atom. The molecule has 2 aromatic heterocycles. The molecular weight excluding hydrogens is 318 g/mol. The lowest BCUT2D eigenvalue weighted by Gasteiger charge is -2.38. The predicted molar refractivity (Wildman–Crippen MR) is 92.2 cm³/mol. The lowest BCUT2D eigenvalue weighted by Crippen LogP contribution is -2.48. The summed E-state index contributed by atoms with van der Waals surface area (Å²) in [6.07, 6.45) is 7.26. The number of nitrogens with one attached hydrogen (secondary N) is 1. The number of aromatic nitrogens is 4. The zero-order valence-electron chi connectivity index (χ0n) is 14.8. The number of aromatic amines is 1. The fraction of sp³-hybridized carbons (Fsp3) is 0.611. The number of aliphatic hydroxyl groups is 1. The molecule has 2 aliphatic rings. The lowest BCUT2D eigenvalue weighted by atomic mass is 9.89. The summed E-state index contributed by atoms with van der Waals surface area (Å²) in [5.41, 5.74) is 1.22. The summed E-state index contributed by atoms with van der Waals surface area (Å²) in [7, 11) is 0. The summed E-state index contributed by atoms with van der Waals surface area (Å²) in [6.45, 7) is 4.96. The average Bonchev–Trinajstić information content (AvgIpc) is 3.12. The van der Waals surface area contributed by atoms with Gasteiger partial charge in [0.25, 0.3) is 5.91 Å². The Balaban J connectivity index is 1.55. The molecule has 1 amide bonds. The van der Waals surface area contributed by atoms with Crippen molar-refractivity contribution in [1.82, 2.24) is 24.9 Å². The van der Waals surface area contributed by atoms with Crippen molar-refractivity contribution in [3.8, 4) is 0 Å². The number of piperidine rings is 1. The van der Waals surface area contributed by atoms with E-state index in [0.29, 0.717) is 24.6 Å². The zero-order valence-corrected chi connectivity index (χ0v) is 14.8. The number of β-amino-alcohol motifs (C(OH)–C–C–N with tert-alkyl or cyclic N) is 1. The summed E-state index contributed by atoms with van der Waals surface area (Å²) < 4.78 is 1.74. The number of hydrogen-bond acceptors (Lipinski definition) is 4. The first-order valence-electron chi connectivity index (χ1n) is 9.09. The number of carbonyl (C=O) groups excluding carboxylic acids is 1. The highest BCUT2D eigenvalue weighted by Crippen LogP contribution is 2.41. The molecule has 1 aliphatic carbocycles. The molecular formula is C18H25N5O2. The van der Waals surface area contributed by atoms with Gasteiger partial charge in [-0.1, -0.05) is 5.21 Å². The average molecular weight is 343 g/mol. The minimum atomic E-state index is -1.13. The fourth-order valence-corrected chi connectivity index (χ4v) is 3.61. The molecule has 2 aromatic rings. The van der Waals surface area contributed by atoms with E-state index in [1.807, 2.05) is 26.1 Å². The smallest absolute Gasteiger partial charge is 0.255 e. The Kier molecular flexibility index (Phi) is 3.91. The summed E-state index contributed by atoms with van der Waals surface area (Å²) >= 11 is 0. The maximum absolute atomic E-state index is 13.0. The van der Waals surface area contributed by atoms with Crippen LogP contribution in [0.3, 0.4) is 0 Å². The Morgan fingerprint density at radius 3 is 2.92 bits per heavy atom. The SMILES string of the molecule is CC(C)n1cc([C@@]2(O)CCCN(C(=O)c3cc[nH]c3C3CC3)C2)nn1. The van der Waals surface area contributed by atoms with E-state index in [0.717, 1.165) is 30.5 Å². The summed E-state index contributed by atoms with van der Waals surface area (Å²) in [4.78, 5) is 18.0. The van der Waals surface area contributed by atoms with E-state index in [-0.39, 0.29) is 18.5 Å². The van der Waals surface area contributed by atoms with E-state index in [1.165, 1.54) is 0 Å². The van der Waals surface area contributed by atoms with Gasteiger partial charge in [-0.3, -0.25) is 4.79 Å². The third kappa shape index (κ3) is 2.97. The second-order valence-corrected chi connectivity index (χ2v) is 7.62. The molecule has 1 aliphatic heterocycles. The minimum Gasteiger partial charge on any atom is -0.382 e. The first kappa shape index (κ1) is 16.3. The van der Waals surface area contributed by atoms with Crippen molar-refractivity contribution in [1.29, 1.82) is 0 Å². The van der Waals surface area contributed by atoms with Crippen LogP contribution in [-0.4, -0.2) is 49.0 Å². The molecule has 4 rings (SSSR count). The van der Waals surface area contributed by atoms with Gasteiger partial charge in [0.2, 0.25) is 0 Å². The predicted octanol–water partition coefficient (Wildman–Crippen LogP) is 2.19. The largest absolute Gasteiger partial charge is 0.382 e. The number of rotatable bonds is 4. The lowest BCUT2D eigenvalue weighted by molar-refractivity contribution is -0.0321. The van der Waals surface area contributed by atoms with E-state index in [4.69, 9.17) is 0 Å². The van der Waals surface area contributed by atoms with Gasteiger partial charge in [0, 0.05) is 24.5 Å². The van der Waals surface area contributed by atoms with Crippen molar-refractivity contribution in [3.63, 3.8) is 0 Å². The maximum atomic E-state index is 13.0. The molecule has 1 atom stereocenters. The monoisotopic (exact) mass is 343 g/mol. The topological polar surface area (TPSA) is 87.0 Å². The zero-order chi connectivity index (χ0) is 17.6. The van der Waals surface area contributed by atoms with Crippen LogP contribution in [0.4, 0.5) is 0 Å². The Hall–Kier alpha value is -2.15. The van der Waals surface area contributed by atoms with Gasteiger partial charge in [-0.15, -0.1) is 5.10 Å². The van der Waals surface area contributed by atoms with Crippen LogP contribution < -0.4 is 0 Å². The van der Waals surface area contributed by atoms with Crippen molar-refractivity contribution < 1.29 is 9.90 Å². The number of hydrogen-bond donors (Lipinski definition) is 2. The van der Waals surface area contributed by atoms with Crippen LogP contribution in [0.2, 0.25) is 0 Å². The molecule has 7 nitrogen and oxygen atoms in total. The molecule has 1 saturated heterocycles. The van der Waals surface area contributed by atoms with E-state index < -0.39 is 5.60 Å². The highest BCUT2D eigenvalue weighted by atomic mass is 16.3. The molecule has 134 valence electrons. The van der Waals surface area contributed by atoms with Crippen molar-refractivity contribution >= 4 is 5.91 Å². The Labute approximate surface area is 147 Å². The van der Waals surface area contributed by atoms with Gasteiger partial charge in [0.1, 0.15) is 11.3 Å². The van der Waals surface area contributed by atoms with Gasteiger partial charge < -0.3 is 15.0 Å². The third-order valence-electron chi connectivity index (χ3n) is 5.27. The van der Waals surface area contributed by atoms with E-state index in [1.54, 1.807) is 15.8 Å². The molecule has 0 unspecified atom stereocenters. The second kappa shape index (κ2) is 5.98. The quantitative estimate of drug-likeness (QED) is 0.891. The standard InChI is InChI=1S/C18H25N5O2/c1-12(2)23-10-15(20-21-23)18(25)7-3-9-22(11-18)17(24)14-6-8-19-16(14)13-4-5-13/h6,8,10,12-13,19,25H,3-5,7,9,11H2,1-2H3/t18-/m1/s1. The van der Waals surface area contributed by atoms with Gasteiger partial charge in [-0.25, -0.2) is 4.68 Å². The van der Waals surface area contributed by atoms with Crippen molar-refractivity contribution in [3.05, 3.63) is 35.4 Å². The van der Waals surface area contributed by atoms with Gasteiger partial charge >= 0.3 is 0 Å². The fourth-order valence-electron chi connectivity index (χ4n) is 3.61. The molecule has 0 aromatic carbocycles. The van der Waals surface area contributed by atoms with Crippen LogP contribution >= 0.6 is 0 Å². The first-order valence-corrected chi connectivity index (χ1v) is 9.09. The third-order valence-corrected chi connectivity index (χ3v) is 5.27. The minimum absolute atomic E-state index is 0.00229. The second-order valence-electron chi connectivity index (χ2n) is 7.62. The summed E-state index contributed by atoms with van der Waals surface area (Å²) in [5, 5.41) is 19.4.